The van der Waals surface area contributed by atoms with Crippen molar-refractivity contribution in [3.63, 3.8) is 0 Å². The number of amides is 2. The minimum atomic E-state index is -6.00. The minimum absolute atomic E-state index is 0. The third-order valence-corrected chi connectivity index (χ3v) is 13.9. The molecule has 2 fully saturated rings. The van der Waals surface area contributed by atoms with Crippen LogP contribution in [-0.2, 0) is 29.1 Å². The summed E-state index contributed by atoms with van der Waals surface area (Å²) < 4.78 is 39.0. The molecule has 3 heterocycles. The van der Waals surface area contributed by atoms with Crippen molar-refractivity contribution < 1.29 is 46.3 Å². The zero-order chi connectivity index (χ0) is 26.3. The van der Waals surface area contributed by atoms with Crippen molar-refractivity contribution in [1.82, 2.24) is 4.90 Å². The normalized spacial score (nSPS) is 31.1. The van der Waals surface area contributed by atoms with Crippen molar-refractivity contribution in [2.45, 2.75) is 102 Å². The van der Waals surface area contributed by atoms with Gasteiger partial charge in [-0.25, -0.2) is 0 Å². The van der Waals surface area contributed by atoms with Gasteiger partial charge in [-0.2, -0.15) is 0 Å². The first-order valence-corrected chi connectivity index (χ1v) is 15.6. The summed E-state index contributed by atoms with van der Waals surface area (Å²) in [6, 6.07) is 0. The van der Waals surface area contributed by atoms with Crippen molar-refractivity contribution in [2.24, 2.45) is 0 Å². The number of allylic oxidation sites excluding steroid dienone is 4. The van der Waals surface area contributed by atoms with Crippen LogP contribution in [0.3, 0.4) is 0 Å². The molecule has 0 aromatic rings. The molecule has 4 atom stereocenters. The summed E-state index contributed by atoms with van der Waals surface area (Å²) >= 11 is 0. The fourth-order valence-corrected chi connectivity index (χ4v) is 12.5. The number of carbonyl (C=O) groups excluding carboxylic acids is 2. The zero-order valence-electron chi connectivity index (χ0n) is 21.9. The second-order valence-electron chi connectivity index (χ2n) is 9.82. The Hall–Kier alpha value is -0.372. The van der Waals surface area contributed by atoms with Gasteiger partial charge in [-0.15, -0.1) is 0 Å². The molecule has 2 amide bonds. The van der Waals surface area contributed by atoms with Crippen molar-refractivity contribution in [1.29, 1.82) is 0 Å². The molecule has 11 heteroatoms. The number of halogens is 4. The maximum absolute atomic E-state index is 12.8. The van der Waals surface area contributed by atoms with Crippen LogP contribution in [0.5, 0.6) is 0 Å². The van der Waals surface area contributed by atoms with E-state index in [2.05, 4.69) is 52.0 Å². The molecule has 3 nitrogen and oxygen atoms in total. The molecular formula is C25H39BF4NO2P2Rh. The van der Waals surface area contributed by atoms with E-state index in [0.717, 1.165) is 10.6 Å². The van der Waals surface area contributed by atoms with E-state index in [1.165, 1.54) is 56.3 Å². The third kappa shape index (κ3) is 9.43. The number of nitrogens with zero attached hydrogens (tertiary/aromatic N) is 1. The summed E-state index contributed by atoms with van der Waals surface area (Å²) in [6.07, 6.45) is 18.8. The fourth-order valence-electron chi connectivity index (χ4n) is 5.21. The first kappa shape index (κ1) is 33.7. The van der Waals surface area contributed by atoms with Gasteiger partial charge in [0.15, 0.2) is 0 Å². The molecule has 2 saturated heterocycles. The Balaban J connectivity index is 0.000000383. The molecule has 0 N–H and O–H groups in total. The van der Waals surface area contributed by atoms with Gasteiger partial charge in [0.2, 0.25) is 0 Å². The molecule has 0 unspecified atom stereocenters. The molecule has 3 aliphatic heterocycles. The van der Waals surface area contributed by atoms with E-state index in [1.54, 1.807) is 7.05 Å². The van der Waals surface area contributed by atoms with Crippen LogP contribution in [0.15, 0.2) is 34.9 Å². The van der Waals surface area contributed by atoms with Crippen LogP contribution in [0.1, 0.15) is 79.1 Å². The first-order valence-electron chi connectivity index (χ1n) is 12.6. The summed E-state index contributed by atoms with van der Waals surface area (Å²) in [4.78, 5) is 27.1. The van der Waals surface area contributed by atoms with Crippen LogP contribution < -0.4 is 0 Å². The van der Waals surface area contributed by atoms with Gasteiger partial charge >= 0.3 is 26.7 Å². The van der Waals surface area contributed by atoms with Crippen molar-refractivity contribution >= 4 is 34.9 Å². The standard InChI is InChI=1S/C17H27NO2P2.C8H12.BF4.Rh/c1-10-6-7-11(2)21(10)14-15(17(20)18(5)16(14)19)22-12(3)8-9-13(22)4;1-2-4-6-8-7-5-3-1;2-1(3,4)5;/h10-13H,6-9H2,1-5H3;1-2,7-8H,3-6H2;;/q;;-1;+1/b;2-1-,8-7-;;/t10-,11-,12-,13-;;;/m0.../s1. The molecule has 0 aromatic carbocycles. The van der Waals surface area contributed by atoms with Crippen LogP contribution >= 0.6 is 15.8 Å². The molecule has 0 spiro atoms. The number of rotatable bonds is 2. The molecule has 4 rings (SSSR count). The Morgan fingerprint density at radius 2 is 0.889 bits per heavy atom. The topological polar surface area (TPSA) is 37.4 Å². The smallest absolute Gasteiger partial charge is 0.418 e. The van der Waals surface area contributed by atoms with Crippen LogP contribution in [0.25, 0.3) is 0 Å². The fraction of sp³-hybridized carbons (Fsp3) is 0.680. The molecule has 1 aliphatic carbocycles. The zero-order valence-corrected chi connectivity index (χ0v) is 25.3. The number of likely N-dealkylation sites (N-methyl/N-ethyl adjacent to an activating group) is 1. The number of hydrogen-bond acceptors (Lipinski definition) is 2. The van der Waals surface area contributed by atoms with E-state index >= 15 is 0 Å². The Kier molecular flexibility index (Phi) is 14.3. The van der Waals surface area contributed by atoms with Crippen LogP contribution in [-0.4, -0.2) is 53.7 Å². The Bertz CT molecular complexity index is 754. The van der Waals surface area contributed by atoms with Gasteiger partial charge in [0.25, 0.3) is 11.8 Å². The van der Waals surface area contributed by atoms with Crippen molar-refractivity contribution in [2.75, 3.05) is 7.05 Å². The predicted molar refractivity (Wildman–Crippen MR) is 142 cm³/mol. The quantitative estimate of drug-likeness (QED) is 0.101. The van der Waals surface area contributed by atoms with Gasteiger partial charge in [-0.3, -0.25) is 14.5 Å². The van der Waals surface area contributed by atoms with E-state index in [-0.39, 0.29) is 31.3 Å². The van der Waals surface area contributed by atoms with Gasteiger partial charge in [0, 0.05) is 7.05 Å². The Morgan fingerprint density at radius 1 is 0.667 bits per heavy atom. The summed E-state index contributed by atoms with van der Waals surface area (Å²) in [5, 5.41) is 1.96. The van der Waals surface area contributed by atoms with Crippen LogP contribution in [0, 0.1) is 0 Å². The average Bonchev–Trinajstić information content (AvgIpc) is 3.30. The summed E-state index contributed by atoms with van der Waals surface area (Å²) in [5.41, 5.74) is 2.34. The van der Waals surface area contributed by atoms with Gasteiger partial charge in [-0.05, 0) is 74.0 Å². The number of imide groups is 1. The van der Waals surface area contributed by atoms with Gasteiger partial charge in [-0.1, -0.05) is 67.8 Å². The van der Waals surface area contributed by atoms with Gasteiger partial charge in [0.1, 0.15) is 0 Å². The second-order valence-corrected chi connectivity index (χ2v) is 15.9. The molecule has 0 aromatic heterocycles. The van der Waals surface area contributed by atoms with Crippen LogP contribution in [0.2, 0.25) is 0 Å². The summed E-state index contributed by atoms with van der Waals surface area (Å²) in [7, 11) is -5.26. The van der Waals surface area contributed by atoms with Crippen LogP contribution in [0.4, 0.5) is 17.3 Å². The maximum Gasteiger partial charge on any atom is 1.00 e. The van der Waals surface area contributed by atoms with E-state index in [1.807, 2.05) is 0 Å². The second kappa shape index (κ2) is 15.3. The third-order valence-electron chi connectivity index (χ3n) is 6.99. The molecule has 0 bridgehead atoms. The largest absolute Gasteiger partial charge is 1.00 e. The van der Waals surface area contributed by atoms with E-state index in [4.69, 9.17) is 0 Å². The Morgan fingerprint density at radius 3 is 1.11 bits per heavy atom. The van der Waals surface area contributed by atoms with E-state index in [0.29, 0.717) is 22.6 Å². The summed E-state index contributed by atoms with van der Waals surface area (Å²) in [5.74, 6) is 0.0565. The minimum Gasteiger partial charge on any atom is -0.418 e. The molecule has 0 saturated carbocycles. The predicted octanol–water partition coefficient (Wildman–Crippen LogP) is 8.27. The SMILES string of the molecule is C1=C\CC/C=C\CC/1.C[C@H]1CC[C@H](C)P1C1=C(P2[C@@H](C)CC[C@@H]2C)C(=O)N(C)C1=O.F[B-](F)(F)F.[Rh+]. The molecule has 0 radical (unpaired) electrons. The van der Waals surface area contributed by atoms with Crippen molar-refractivity contribution in [3.8, 4) is 0 Å². The van der Waals surface area contributed by atoms with E-state index in [9.17, 15) is 26.9 Å². The first-order chi connectivity index (χ1) is 16.3. The number of hydrogen-bond donors (Lipinski definition) is 0. The maximum atomic E-state index is 12.8. The van der Waals surface area contributed by atoms with Crippen molar-refractivity contribution in [3.05, 3.63) is 34.9 Å². The monoisotopic (exact) mass is 637 g/mol. The summed E-state index contributed by atoms with van der Waals surface area (Å²) in [6.45, 7) is 9.13. The molecular weight excluding hydrogens is 598 g/mol. The molecule has 36 heavy (non-hydrogen) atoms. The molecule has 206 valence electrons. The van der Waals surface area contributed by atoms with E-state index < -0.39 is 23.1 Å². The number of carbonyl (C=O) groups is 2. The average molecular weight is 637 g/mol. The Labute approximate surface area is 229 Å². The van der Waals surface area contributed by atoms with Gasteiger partial charge in [0.05, 0.1) is 10.6 Å². The van der Waals surface area contributed by atoms with Gasteiger partial charge < -0.3 is 17.3 Å². The molecule has 4 aliphatic rings.